The van der Waals surface area contributed by atoms with Gasteiger partial charge in [0.2, 0.25) is 4.96 Å². The average molecular weight is 307 g/mol. The van der Waals surface area contributed by atoms with Crippen molar-refractivity contribution in [3.63, 3.8) is 0 Å². The lowest BCUT2D eigenvalue weighted by atomic mass is 9.89. The number of rotatable bonds is 3. The minimum absolute atomic E-state index is 0.292. The number of methoxy groups -OCH3 is 1. The van der Waals surface area contributed by atoms with Crippen molar-refractivity contribution in [1.29, 1.82) is 0 Å². The molecule has 6 nitrogen and oxygen atoms in total. The first-order valence-electron chi connectivity index (χ1n) is 7.83. The van der Waals surface area contributed by atoms with Gasteiger partial charge in [-0.1, -0.05) is 30.6 Å². The molecule has 2 aliphatic rings. The molecule has 2 atom stereocenters. The zero-order valence-corrected chi connectivity index (χ0v) is 13.1. The van der Waals surface area contributed by atoms with E-state index in [1.54, 1.807) is 18.4 Å². The Bertz CT molecular complexity index is 618. The number of ether oxygens (including phenoxy) is 1. The normalized spacial score (nSPS) is 27.7. The second kappa shape index (κ2) is 5.62. The van der Waals surface area contributed by atoms with Crippen molar-refractivity contribution >= 4 is 16.3 Å². The van der Waals surface area contributed by atoms with Crippen LogP contribution in [0.25, 0.3) is 4.96 Å². The molecule has 0 aromatic carbocycles. The van der Waals surface area contributed by atoms with Gasteiger partial charge in [0.1, 0.15) is 5.01 Å². The Kier molecular flexibility index (Phi) is 3.64. The van der Waals surface area contributed by atoms with E-state index < -0.39 is 0 Å². The molecule has 0 spiro atoms. The summed E-state index contributed by atoms with van der Waals surface area (Å²) in [5.41, 5.74) is 0. The lowest BCUT2D eigenvalue weighted by Crippen LogP contribution is -2.16. The number of nitrogens with zero attached hydrogens (tertiary/aromatic N) is 4. The smallest absolute Gasteiger partial charge is 0.234 e. The van der Waals surface area contributed by atoms with E-state index in [9.17, 15) is 0 Å². The maximum absolute atomic E-state index is 5.42. The van der Waals surface area contributed by atoms with Gasteiger partial charge in [0.25, 0.3) is 0 Å². The monoisotopic (exact) mass is 307 g/mol. The van der Waals surface area contributed by atoms with Crippen LogP contribution in [0.1, 0.15) is 61.3 Å². The number of nitrogens with one attached hydrogen (secondary N) is 1. The highest BCUT2D eigenvalue weighted by molar-refractivity contribution is 7.16. The van der Waals surface area contributed by atoms with Crippen LogP contribution in [0.15, 0.2) is 0 Å². The Morgan fingerprint density at radius 2 is 2.10 bits per heavy atom. The van der Waals surface area contributed by atoms with E-state index >= 15 is 0 Å². The van der Waals surface area contributed by atoms with Gasteiger partial charge >= 0.3 is 0 Å². The van der Waals surface area contributed by atoms with Crippen LogP contribution in [-0.2, 0) is 4.74 Å². The highest BCUT2D eigenvalue weighted by Gasteiger charge is 2.29. The van der Waals surface area contributed by atoms with E-state index in [2.05, 4.69) is 15.5 Å². The van der Waals surface area contributed by atoms with Crippen molar-refractivity contribution in [2.75, 3.05) is 13.7 Å². The molecule has 2 fully saturated rings. The molecular weight excluding hydrogens is 286 g/mol. The van der Waals surface area contributed by atoms with Crippen LogP contribution in [0.5, 0.6) is 0 Å². The van der Waals surface area contributed by atoms with Crippen molar-refractivity contribution in [1.82, 2.24) is 25.1 Å². The van der Waals surface area contributed by atoms with Gasteiger partial charge in [-0.3, -0.25) is 0 Å². The Morgan fingerprint density at radius 1 is 1.24 bits per heavy atom. The largest absolute Gasteiger partial charge is 0.380 e. The Labute approximate surface area is 127 Å². The van der Waals surface area contributed by atoms with Crippen molar-refractivity contribution in [3.8, 4) is 0 Å². The van der Waals surface area contributed by atoms with Crippen LogP contribution < -0.4 is 5.32 Å². The molecule has 1 aliphatic carbocycles. The van der Waals surface area contributed by atoms with Gasteiger partial charge in [-0.05, 0) is 19.3 Å². The zero-order valence-electron chi connectivity index (χ0n) is 12.3. The van der Waals surface area contributed by atoms with Crippen molar-refractivity contribution in [2.45, 2.75) is 56.6 Å². The lowest BCUT2D eigenvalue weighted by molar-refractivity contribution is 0.117. The highest BCUT2D eigenvalue weighted by atomic mass is 32.1. The average Bonchev–Trinajstić information content (AvgIpc) is 3.22. The van der Waals surface area contributed by atoms with Crippen molar-refractivity contribution < 1.29 is 4.74 Å². The molecule has 2 unspecified atom stereocenters. The fourth-order valence-corrected chi connectivity index (χ4v) is 4.41. The summed E-state index contributed by atoms with van der Waals surface area (Å²) in [5, 5.41) is 18.1. The maximum atomic E-state index is 5.42. The number of hydrogen-bond acceptors (Lipinski definition) is 6. The van der Waals surface area contributed by atoms with Crippen LogP contribution >= 0.6 is 11.3 Å². The van der Waals surface area contributed by atoms with E-state index in [1.165, 1.54) is 32.1 Å². The van der Waals surface area contributed by atoms with Crippen LogP contribution in [0.3, 0.4) is 0 Å². The van der Waals surface area contributed by atoms with Crippen LogP contribution in [0.2, 0.25) is 0 Å². The fraction of sp³-hybridized carbons (Fsp3) is 0.786. The maximum Gasteiger partial charge on any atom is 0.234 e. The molecule has 114 valence electrons. The third-order valence-electron chi connectivity index (χ3n) is 4.72. The summed E-state index contributed by atoms with van der Waals surface area (Å²) in [6.45, 7) is 0.900. The van der Waals surface area contributed by atoms with Crippen molar-refractivity contribution in [2.24, 2.45) is 0 Å². The third kappa shape index (κ3) is 2.47. The Balaban J connectivity index is 1.60. The molecule has 4 rings (SSSR count). The first-order valence-corrected chi connectivity index (χ1v) is 8.65. The summed E-state index contributed by atoms with van der Waals surface area (Å²) in [4.78, 5) is 0.924. The summed E-state index contributed by atoms with van der Waals surface area (Å²) < 4.78 is 7.40. The second-order valence-electron chi connectivity index (χ2n) is 6.08. The predicted octanol–water partition coefficient (Wildman–Crippen LogP) is 2.28. The van der Waals surface area contributed by atoms with Gasteiger partial charge in [-0.25, -0.2) is 0 Å². The summed E-state index contributed by atoms with van der Waals surface area (Å²) >= 11 is 1.65. The molecular formula is C14H21N5OS. The van der Waals surface area contributed by atoms with Gasteiger partial charge in [0.05, 0.1) is 12.1 Å². The second-order valence-corrected chi connectivity index (χ2v) is 7.07. The van der Waals surface area contributed by atoms with E-state index in [-0.39, 0.29) is 0 Å². The molecule has 0 radical (unpaired) electrons. The predicted molar refractivity (Wildman–Crippen MR) is 80.6 cm³/mol. The molecule has 1 N–H and O–H groups in total. The number of fused-ring (bicyclic) bond motifs is 1. The zero-order chi connectivity index (χ0) is 14.2. The van der Waals surface area contributed by atoms with Gasteiger partial charge in [-0.15, -0.1) is 10.2 Å². The molecule has 2 aromatic heterocycles. The van der Waals surface area contributed by atoms with Crippen LogP contribution in [0.4, 0.5) is 0 Å². The fourth-order valence-electron chi connectivity index (χ4n) is 3.47. The van der Waals surface area contributed by atoms with Gasteiger partial charge in [-0.2, -0.15) is 9.61 Å². The molecule has 21 heavy (non-hydrogen) atoms. The molecule has 1 saturated heterocycles. The van der Waals surface area contributed by atoms with E-state index in [0.29, 0.717) is 18.1 Å². The van der Waals surface area contributed by atoms with Gasteiger partial charge in [0.15, 0.2) is 5.82 Å². The first-order chi connectivity index (χ1) is 10.3. The molecule has 0 bridgehead atoms. The topological polar surface area (TPSA) is 64.3 Å². The highest BCUT2D eigenvalue weighted by Crippen LogP contribution is 2.34. The lowest BCUT2D eigenvalue weighted by Gasteiger charge is -2.18. The quantitative estimate of drug-likeness (QED) is 0.942. The van der Waals surface area contributed by atoms with Crippen molar-refractivity contribution in [3.05, 3.63) is 10.8 Å². The summed E-state index contributed by atoms with van der Waals surface area (Å²) in [5.74, 6) is 1.60. The minimum Gasteiger partial charge on any atom is -0.380 e. The molecule has 1 aliphatic heterocycles. The van der Waals surface area contributed by atoms with Gasteiger partial charge in [0, 0.05) is 19.6 Å². The molecule has 7 heteroatoms. The third-order valence-corrected chi connectivity index (χ3v) is 5.74. The van der Waals surface area contributed by atoms with E-state index in [1.807, 2.05) is 4.52 Å². The summed E-state index contributed by atoms with van der Waals surface area (Å²) in [7, 11) is 1.77. The summed E-state index contributed by atoms with van der Waals surface area (Å²) in [6, 6.07) is 0.292. The first kappa shape index (κ1) is 13.6. The standard InChI is InChI=1S/C14H21N5OS/c1-20-10-7-11(15-8-10)13-18-19-12(16-17-14(19)21-13)9-5-3-2-4-6-9/h9-11,15H,2-8H2,1H3. The molecule has 3 heterocycles. The van der Waals surface area contributed by atoms with E-state index in [4.69, 9.17) is 9.84 Å². The van der Waals surface area contributed by atoms with Crippen LogP contribution in [0, 0.1) is 0 Å². The Hall–Kier alpha value is -1.05. The number of aromatic nitrogens is 4. The van der Waals surface area contributed by atoms with E-state index in [0.717, 1.165) is 28.8 Å². The Morgan fingerprint density at radius 3 is 2.86 bits per heavy atom. The summed E-state index contributed by atoms with van der Waals surface area (Å²) in [6.07, 6.45) is 7.68. The minimum atomic E-state index is 0.292. The molecule has 2 aromatic rings. The number of hydrogen-bond donors (Lipinski definition) is 1. The van der Waals surface area contributed by atoms with Gasteiger partial charge < -0.3 is 10.1 Å². The molecule has 0 amide bonds. The van der Waals surface area contributed by atoms with Crippen LogP contribution in [-0.4, -0.2) is 39.6 Å². The SMILES string of the molecule is COC1CNC(c2nn3c(C4CCCCC4)nnc3s2)C1. The molecule has 1 saturated carbocycles.